The Hall–Kier alpha value is -2.83. The average molecular weight is 288 g/mol. The Kier molecular flexibility index (Phi) is 4.92. The molecule has 1 heterocycles. The molecule has 4 N–H and O–H groups in total. The van der Waals surface area contributed by atoms with Crippen LogP contribution >= 0.6 is 0 Å². The number of amides is 2. The van der Waals surface area contributed by atoms with Crippen LogP contribution in [0.1, 0.15) is 22.6 Å². The van der Waals surface area contributed by atoms with Crippen molar-refractivity contribution in [2.75, 3.05) is 11.9 Å². The normalized spacial score (nSPS) is 10.1. The Labute approximate surface area is 121 Å². The molecule has 2 amide bonds. The number of imidazole rings is 1. The molecule has 0 spiro atoms. The van der Waals surface area contributed by atoms with Crippen molar-refractivity contribution in [1.82, 2.24) is 15.3 Å². The van der Waals surface area contributed by atoms with E-state index >= 15 is 0 Å². The maximum atomic E-state index is 11.6. The zero-order valence-electron chi connectivity index (χ0n) is 11.3. The molecule has 1 aromatic carbocycles. The third-order valence-electron chi connectivity index (χ3n) is 2.82. The van der Waals surface area contributed by atoms with Crippen molar-refractivity contribution < 1.29 is 14.7 Å². The van der Waals surface area contributed by atoms with Gasteiger partial charge in [-0.05, 0) is 30.7 Å². The predicted octanol–water partition coefficient (Wildman–Crippen LogP) is 1.86. The molecule has 0 bridgehead atoms. The molecule has 7 nitrogen and oxygen atoms in total. The summed E-state index contributed by atoms with van der Waals surface area (Å²) < 4.78 is 0. The van der Waals surface area contributed by atoms with Crippen molar-refractivity contribution in [3.05, 3.63) is 48.0 Å². The fourth-order valence-corrected chi connectivity index (χ4v) is 1.76. The number of hydrogen-bond donors (Lipinski definition) is 4. The summed E-state index contributed by atoms with van der Waals surface area (Å²) >= 11 is 0. The van der Waals surface area contributed by atoms with Crippen LogP contribution in [0.2, 0.25) is 0 Å². The first-order chi connectivity index (χ1) is 10.1. The van der Waals surface area contributed by atoms with E-state index in [0.717, 1.165) is 18.7 Å². The summed E-state index contributed by atoms with van der Waals surface area (Å²) in [5, 5.41) is 14.1. The van der Waals surface area contributed by atoms with E-state index in [4.69, 9.17) is 5.11 Å². The highest BCUT2D eigenvalue weighted by molar-refractivity contribution is 5.91. The number of benzene rings is 1. The van der Waals surface area contributed by atoms with Crippen LogP contribution in [0.15, 0.2) is 36.7 Å². The molecule has 2 rings (SSSR count). The molecular formula is C14H16N4O3. The summed E-state index contributed by atoms with van der Waals surface area (Å²) in [6, 6.07) is 5.65. The Bertz CT molecular complexity index is 593. The number of nitrogens with one attached hydrogen (secondary N) is 3. The number of aromatic nitrogens is 2. The van der Waals surface area contributed by atoms with Crippen molar-refractivity contribution in [3.8, 4) is 0 Å². The molecule has 21 heavy (non-hydrogen) atoms. The van der Waals surface area contributed by atoms with Crippen molar-refractivity contribution >= 4 is 17.7 Å². The number of carboxylic acids is 1. The molecule has 0 fully saturated rings. The molecule has 0 atom stereocenters. The number of rotatable bonds is 6. The van der Waals surface area contributed by atoms with Gasteiger partial charge in [0, 0.05) is 31.0 Å². The van der Waals surface area contributed by atoms with E-state index in [1.807, 2.05) is 0 Å². The van der Waals surface area contributed by atoms with Crippen LogP contribution in [0.4, 0.5) is 10.5 Å². The maximum Gasteiger partial charge on any atom is 0.335 e. The molecule has 0 unspecified atom stereocenters. The lowest BCUT2D eigenvalue weighted by molar-refractivity contribution is 0.0697. The highest BCUT2D eigenvalue weighted by Gasteiger charge is 2.04. The van der Waals surface area contributed by atoms with Crippen molar-refractivity contribution in [2.24, 2.45) is 0 Å². The van der Waals surface area contributed by atoms with Gasteiger partial charge in [-0.3, -0.25) is 0 Å². The Morgan fingerprint density at radius 2 is 2.00 bits per heavy atom. The second-order valence-corrected chi connectivity index (χ2v) is 4.40. The molecule has 0 saturated carbocycles. The molecule has 0 aliphatic heterocycles. The number of carbonyl (C=O) groups is 2. The van der Waals surface area contributed by atoms with Gasteiger partial charge in [0.15, 0.2) is 0 Å². The minimum absolute atomic E-state index is 0.180. The monoisotopic (exact) mass is 288 g/mol. The highest BCUT2D eigenvalue weighted by atomic mass is 16.4. The van der Waals surface area contributed by atoms with Crippen molar-refractivity contribution in [3.63, 3.8) is 0 Å². The van der Waals surface area contributed by atoms with E-state index in [9.17, 15) is 9.59 Å². The fourth-order valence-electron chi connectivity index (χ4n) is 1.76. The molecule has 1 aromatic heterocycles. The first-order valence-electron chi connectivity index (χ1n) is 6.51. The summed E-state index contributed by atoms with van der Waals surface area (Å²) in [7, 11) is 0. The summed E-state index contributed by atoms with van der Waals surface area (Å²) in [6.07, 6.45) is 4.99. The van der Waals surface area contributed by atoms with Gasteiger partial charge < -0.3 is 20.7 Å². The van der Waals surface area contributed by atoms with E-state index < -0.39 is 5.97 Å². The number of hydrogen-bond acceptors (Lipinski definition) is 3. The smallest absolute Gasteiger partial charge is 0.335 e. The molecule has 2 aromatic rings. The van der Waals surface area contributed by atoms with E-state index in [1.54, 1.807) is 24.5 Å². The number of carboxylic acid groups (broad SMARTS) is 1. The number of carbonyl (C=O) groups excluding carboxylic acids is 1. The molecule has 0 aliphatic carbocycles. The molecule has 0 radical (unpaired) electrons. The van der Waals surface area contributed by atoms with Crippen LogP contribution in [0.5, 0.6) is 0 Å². The first-order valence-corrected chi connectivity index (χ1v) is 6.51. The topological polar surface area (TPSA) is 107 Å². The Morgan fingerprint density at radius 1 is 1.24 bits per heavy atom. The van der Waals surface area contributed by atoms with Crippen molar-refractivity contribution in [2.45, 2.75) is 12.8 Å². The quantitative estimate of drug-likeness (QED) is 0.608. The number of aromatic carboxylic acids is 1. The van der Waals surface area contributed by atoms with Gasteiger partial charge in [-0.15, -0.1) is 0 Å². The molecular weight excluding hydrogens is 272 g/mol. The van der Waals surface area contributed by atoms with Crippen LogP contribution in [0, 0.1) is 0 Å². The predicted molar refractivity (Wildman–Crippen MR) is 77.3 cm³/mol. The lowest BCUT2D eigenvalue weighted by Gasteiger charge is -2.07. The van der Waals surface area contributed by atoms with E-state index in [2.05, 4.69) is 20.6 Å². The van der Waals surface area contributed by atoms with Gasteiger partial charge in [0.25, 0.3) is 0 Å². The summed E-state index contributed by atoms with van der Waals surface area (Å²) in [5.41, 5.74) is 0.725. The van der Waals surface area contributed by atoms with Gasteiger partial charge in [0.1, 0.15) is 5.82 Å². The van der Waals surface area contributed by atoms with Crippen LogP contribution in [0.25, 0.3) is 0 Å². The first kappa shape index (κ1) is 14.6. The Balaban J connectivity index is 1.70. The average Bonchev–Trinajstić information content (AvgIpc) is 2.97. The van der Waals surface area contributed by atoms with Gasteiger partial charge in [0.2, 0.25) is 0 Å². The van der Waals surface area contributed by atoms with Gasteiger partial charge in [-0.1, -0.05) is 0 Å². The standard InChI is InChI=1S/C14H16N4O3/c19-13(20)10-3-5-11(6-4-10)18-14(21)17-7-1-2-12-15-8-9-16-12/h3-6,8-9H,1-2,7H2,(H,15,16)(H,19,20)(H2,17,18,21). The van der Waals surface area contributed by atoms with Crippen LogP contribution in [-0.2, 0) is 6.42 Å². The fraction of sp³-hybridized carbons (Fsp3) is 0.214. The minimum atomic E-state index is -0.996. The van der Waals surface area contributed by atoms with E-state index in [0.29, 0.717) is 12.2 Å². The van der Waals surface area contributed by atoms with Gasteiger partial charge in [0.05, 0.1) is 5.56 Å². The highest BCUT2D eigenvalue weighted by Crippen LogP contribution is 2.09. The number of aromatic amines is 1. The second-order valence-electron chi connectivity index (χ2n) is 4.40. The Morgan fingerprint density at radius 3 is 2.62 bits per heavy atom. The largest absolute Gasteiger partial charge is 0.478 e. The lowest BCUT2D eigenvalue weighted by Crippen LogP contribution is -2.29. The lowest BCUT2D eigenvalue weighted by atomic mass is 10.2. The summed E-state index contributed by atoms with van der Waals surface area (Å²) in [4.78, 5) is 29.4. The number of anilines is 1. The van der Waals surface area contributed by atoms with E-state index in [-0.39, 0.29) is 11.6 Å². The summed E-state index contributed by atoms with van der Waals surface area (Å²) in [6.45, 7) is 0.528. The number of aryl methyl sites for hydroxylation is 1. The molecule has 110 valence electrons. The van der Waals surface area contributed by atoms with Crippen LogP contribution < -0.4 is 10.6 Å². The molecule has 0 saturated heterocycles. The van der Waals surface area contributed by atoms with Crippen molar-refractivity contribution in [1.29, 1.82) is 0 Å². The third kappa shape index (κ3) is 4.64. The minimum Gasteiger partial charge on any atom is -0.478 e. The van der Waals surface area contributed by atoms with Gasteiger partial charge in [-0.25, -0.2) is 14.6 Å². The number of nitrogens with zero attached hydrogens (tertiary/aromatic N) is 1. The van der Waals surface area contributed by atoms with Gasteiger partial charge in [-0.2, -0.15) is 0 Å². The number of H-pyrrole nitrogens is 1. The van der Waals surface area contributed by atoms with E-state index in [1.165, 1.54) is 12.1 Å². The van der Waals surface area contributed by atoms with Gasteiger partial charge >= 0.3 is 12.0 Å². The number of urea groups is 1. The maximum absolute atomic E-state index is 11.6. The van der Waals surface area contributed by atoms with Crippen LogP contribution in [-0.4, -0.2) is 33.6 Å². The molecule has 0 aliphatic rings. The van der Waals surface area contributed by atoms with Crippen LogP contribution in [0.3, 0.4) is 0 Å². The zero-order chi connectivity index (χ0) is 15.1. The molecule has 7 heteroatoms. The second kappa shape index (κ2) is 7.09. The zero-order valence-corrected chi connectivity index (χ0v) is 11.3. The summed E-state index contributed by atoms with van der Waals surface area (Å²) in [5.74, 6) is -0.106. The third-order valence-corrected chi connectivity index (χ3v) is 2.82. The SMILES string of the molecule is O=C(NCCCc1ncc[nH]1)Nc1ccc(C(=O)O)cc1.